The maximum atomic E-state index is 5.75. The third kappa shape index (κ3) is 5.74. The molecule has 0 spiro atoms. The number of nitrogens with zero attached hydrogens (tertiary/aromatic N) is 2. The van der Waals surface area contributed by atoms with Crippen LogP contribution in [0, 0.1) is 5.92 Å². The highest BCUT2D eigenvalue weighted by Crippen LogP contribution is 2.29. The second kappa shape index (κ2) is 8.85. The number of thiophene rings is 1. The number of aromatic nitrogens is 1. The molecule has 1 aliphatic carbocycles. The molecular weight excluding hydrogens is 332 g/mol. The molecule has 2 N–H and O–H groups in total. The lowest BCUT2D eigenvalue weighted by atomic mass is 10.2. The van der Waals surface area contributed by atoms with Crippen molar-refractivity contribution < 1.29 is 4.74 Å². The van der Waals surface area contributed by atoms with Crippen molar-refractivity contribution in [1.29, 1.82) is 0 Å². The van der Waals surface area contributed by atoms with Gasteiger partial charge in [0.25, 0.3) is 0 Å². The largest absolute Gasteiger partial charge is 0.477 e. The van der Waals surface area contributed by atoms with Crippen molar-refractivity contribution in [3.8, 4) is 5.88 Å². The Kier molecular flexibility index (Phi) is 6.28. The van der Waals surface area contributed by atoms with Gasteiger partial charge in [-0.1, -0.05) is 6.07 Å². The van der Waals surface area contributed by atoms with E-state index in [4.69, 9.17) is 9.73 Å². The van der Waals surface area contributed by atoms with Crippen molar-refractivity contribution in [2.75, 3.05) is 13.2 Å². The van der Waals surface area contributed by atoms with Crippen LogP contribution in [0.5, 0.6) is 5.88 Å². The van der Waals surface area contributed by atoms with Gasteiger partial charge in [-0.2, -0.15) is 0 Å². The third-order valence-electron chi connectivity index (χ3n) is 4.05. The van der Waals surface area contributed by atoms with Gasteiger partial charge in [0.05, 0.1) is 19.2 Å². The zero-order chi connectivity index (χ0) is 17.5. The third-order valence-corrected chi connectivity index (χ3v) is 5.11. The molecular formula is C19H26N4OS. The highest BCUT2D eigenvalue weighted by atomic mass is 32.1. The Morgan fingerprint density at radius 1 is 1.44 bits per heavy atom. The van der Waals surface area contributed by atoms with Crippen LogP contribution in [0.4, 0.5) is 0 Å². The lowest BCUT2D eigenvalue weighted by molar-refractivity contribution is 0.288. The summed E-state index contributed by atoms with van der Waals surface area (Å²) in [4.78, 5) is 10.3. The van der Waals surface area contributed by atoms with Gasteiger partial charge in [0, 0.05) is 23.7 Å². The van der Waals surface area contributed by atoms with E-state index in [1.165, 1.54) is 17.7 Å². The van der Waals surface area contributed by atoms with Crippen molar-refractivity contribution in [2.24, 2.45) is 10.9 Å². The van der Waals surface area contributed by atoms with Gasteiger partial charge in [0.15, 0.2) is 5.96 Å². The summed E-state index contributed by atoms with van der Waals surface area (Å²) in [5.74, 6) is 2.25. The van der Waals surface area contributed by atoms with Gasteiger partial charge < -0.3 is 15.4 Å². The molecule has 25 heavy (non-hydrogen) atoms. The van der Waals surface area contributed by atoms with Gasteiger partial charge in [-0.05, 0) is 55.7 Å². The van der Waals surface area contributed by atoms with E-state index in [9.17, 15) is 0 Å². The first kappa shape index (κ1) is 17.7. The van der Waals surface area contributed by atoms with Crippen molar-refractivity contribution in [2.45, 2.75) is 39.3 Å². The zero-order valence-electron chi connectivity index (χ0n) is 14.9. The lowest BCUT2D eigenvalue weighted by Gasteiger charge is -2.16. The van der Waals surface area contributed by atoms with Crippen LogP contribution in [-0.4, -0.2) is 24.1 Å². The number of hydrogen-bond acceptors (Lipinski definition) is 4. The van der Waals surface area contributed by atoms with E-state index in [2.05, 4.69) is 47.0 Å². The van der Waals surface area contributed by atoms with Gasteiger partial charge in [0.2, 0.25) is 5.88 Å². The number of aliphatic imine (C=N–C) groups is 1. The van der Waals surface area contributed by atoms with Gasteiger partial charge in [-0.25, -0.2) is 9.98 Å². The van der Waals surface area contributed by atoms with Crippen LogP contribution >= 0.6 is 11.3 Å². The fraction of sp³-hybridized carbons (Fsp3) is 0.474. The molecule has 2 aromatic rings. The molecule has 5 nitrogen and oxygen atoms in total. The molecule has 0 aromatic carbocycles. The molecule has 0 radical (unpaired) electrons. The quantitative estimate of drug-likeness (QED) is 0.557. The molecule has 3 rings (SSSR count). The van der Waals surface area contributed by atoms with Gasteiger partial charge in [0.1, 0.15) is 0 Å². The summed E-state index contributed by atoms with van der Waals surface area (Å²) in [5.41, 5.74) is 1.10. The smallest absolute Gasteiger partial charge is 0.213 e. The second-order valence-corrected chi connectivity index (χ2v) is 7.31. The molecule has 0 amide bonds. The molecule has 6 heteroatoms. The maximum Gasteiger partial charge on any atom is 0.213 e. The number of guanidine groups is 1. The molecule has 1 aliphatic rings. The summed E-state index contributed by atoms with van der Waals surface area (Å²) in [5, 5.41) is 8.86. The topological polar surface area (TPSA) is 58.5 Å². The summed E-state index contributed by atoms with van der Waals surface area (Å²) in [6, 6.07) is 8.41. The molecule has 0 aliphatic heterocycles. The number of nitrogens with one attached hydrogen (secondary N) is 2. The van der Waals surface area contributed by atoms with E-state index < -0.39 is 0 Å². The Morgan fingerprint density at radius 3 is 3.04 bits per heavy atom. The Morgan fingerprint density at radius 2 is 2.32 bits per heavy atom. The average molecular weight is 359 g/mol. The Bertz CT molecular complexity index is 682. The first-order valence-corrected chi connectivity index (χ1v) is 9.78. The molecule has 2 aromatic heterocycles. The van der Waals surface area contributed by atoms with Crippen molar-refractivity contribution >= 4 is 17.3 Å². The SMILES string of the molecule is CCNC(=NCc1ccnc(OCC2CC2)c1)NC(C)c1cccs1. The zero-order valence-corrected chi connectivity index (χ0v) is 15.7. The minimum Gasteiger partial charge on any atom is -0.477 e. The van der Waals surface area contributed by atoms with Crippen molar-refractivity contribution in [1.82, 2.24) is 15.6 Å². The van der Waals surface area contributed by atoms with E-state index in [1.807, 2.05) is 12.1 Å². The molecule has 1 saturated carbocycles. The van der Waals surface area contributed by atoms with Crippen LogP contribution < -0.4 is 15.4 Å². The predicted molar refractivity (Wildman–Crippen MR) is 103 cm³/mol. The number of pyridine rings is 1. The summed E-state index contributed by atoms with van der Waals surface area (Å²) in [7, 11) is 0. The fourth-order valence-electron chi connectivity index (χ4n) is 2.42. The first-order valence-electron chi connectivity index (χ1n) is 8.90. The first-order chi connectivity index (χ1) is 12.2. The summed E-state index contributed by atoms with van der Waals surface area (Å²) in [6.07, 6.45) is 4.36. The number of rotatable bonds is 8. The van der Waals surface area contributed by atoms with Gasteiger partial charge >= 0.3 is 0 Å². The average Bonchev–Trinajstić information content (AvgIpc) is 3.29. The van der Waals surface area contributed by atoms with Crippen molar-refractivity contribution in [3.63, 3.8) is 0 Å². The van der Waals surface area contributed by atoms with E-state index >= 15 is 0 Å². The summed E-state index contributed by atoms with van der Waals surface area (Å²) >= 11 is 1.75. The second-order valence-electron chi connectivity index (χ2n) is 6.33. The molecule has 1 unspecified atom stereocenters. The van der Waals surface area contributed by atoms with Crippen LogP contribution in [0.3, 0.4) is 0 Å². The van der Waals surface area contributed by atoms with Crippen molar-refractivity contribution in [3.05, 3.63) is 46.3 Å². The minimum absolute atomic E-state index is 0.229. The number of ether oxygens (including phenoxy) is 1. The van der Waals surface area contributed by atoms with Crippen LogP contribution in [0.15, 0.2) is 40.8 Å². The maximum absolute atomic E-state index is 5.75. The van der Waals surface area contributed by atoms with Crippen LogP contribution in [0.25, 0.3) is 0 Å². The monoisotopic (exact) mass is 358 g/mol. The summed E-state index contributed by atoms with van der Waals surface area (Å²) in [6.45, 7) is 6.42. The standard InChI is InChI=1S/C19H26N4OS/c1-3-20-19(23-14(2)17-5-4-10-25-17)22-12-16-8-9-21-18(11-16)24-13-15-6-7-15/h4-5,8-11,14-15H,3,6-7,12-13H2,1-2H3,(H2,20,22,23). The highest BCUT2D eigenvalue weighted by Gasteiger charge is 2.22. The molecule has 1 atom stereocenters. The Labute approximate surface area is 153 Å². The minimum atomic E-state index is 0.229. The van der Waals surface area contributed by atoms with Gasteiger partial charge in [-0.15, -0.1) is 11.3 Å². The molecule has 2 heterocycles. The van der Waals surface area contributed by atoms with Gasteiger partial charge in [-0.3, -0.25) is 0 Å². The highest BCUT2D eigenvalue weighted by molar-refractivity contribution is 7.10. The summed E-state index contributed by atoms with van der Waals surface area (Å²) < 4.78 is 5.75. The van der Waals surface area contributed by atoms with E-state index in [0.29, 0.717) is 12.4 Å². The van der Waals surface area contributed by atoms with E-state index in [0.717, 1.165) is 30.6 Å². The normalized spacial score (nSPS) is 15.7. The molecule has 1 fully saturated rings. The van der Waals surface area contributed by atoms with Crippen LogP contribution in [-0.2, 0) is 6.54 Å². The van der Waals surface area contributed by atoms with Crippen LogP contribution in [0.2, 0.25) is 0 Å². The molecule has 0 bridgehead atoms. The van der Waals surface area contributed by atoms with Crippen LogP contribution in [0.1, 0.15) is 43.2 Å². The molecule has 0 saturated heterocycles. The van der Waals surface area contributed by atoms with E-state index in [-0.39, 0.29) is 6.04 Å². The Balaban J connectivity index is 1.59. The lowest BCUT2D eigenvalue weighted by Crippen LogP contribution is -2.38. The van der Waals surface area contributed by atoms with E-state index in [1.54, 1.807) is 17.5 Å². The number of hydrogen-bond donors (Lipinski definition) is 2. The Hall–Kier alpha value is -2.08. The predicted octanol–water partition coefficient (Wildman–Crippen LogP) is 3.75. The molecule has 134 valence electrons. The fourth-order valence-corrected chi connectivity index (χ4v) is 3.15.